The number of aliphatic imine (C=N–C) groups is 1. The lowest BCUT2D eigenvalue weighted by Crippen LogP contribution is -2.48. The van der Waals surface area contributed by atoms with Crippen LogP contribution in [0.3, 0.4) is 0 Å². The van der Waals surface area contributed by atoms with E-state index in [0.717, 1.165) is 62.5 Å². The molecule has 31 heavy (non-hydrogen) atoms. The van der Waals surface area contributed by atoms with Crippen molar-refractivity contribution >= 4 is 5.96 Å². The molecule has 0 spiro atoms. The van der Waals surface area contributed by atoms with Crippen molar-refractivity contribution in [2.45, 2.75) is 52.2 Å². The highest BCUT2D eigenvalue weighted by Crippen LogP contribution is 2.15. The molecule has 0 atom stereocenters. The number of nitrogens with zero attached hydrogens (tertiary/aromatic N) is 3. The van der Waals surface area contributed by atoms with Crippen molar-refractivity contribution in [2.24, 2.45) is 4.99 Å². The molecule has 0 aliphatic carbocycles. The number of likely N-dealkylation sites (tertiary alicyclic amines) is 1. The zero-order valence-electron chi connectivity index (χ0n) is 18.6. The van der Waals surface area contributed by atoms with Crippen LogP contribution < -0.4 is 15.4 Å². The summed E-state index contributed by atoms with van der Waals surface area (Å²) < 4.78 is 18.6. The van der Waals surface area contributed by atoms with E-state index >= 15 is 0 Å². The molecule has 1 aromatic carbocycles. The summed E-state index contributed by atoms with van der Waals surface area (Å²) in [6.45, 7) is 9.11. The molecule has 2 heterocycles. The van der Waals surface area contributed by atoms with Gasteiger partial charge in [-0.2, -0.15) is 0 Å². The third-order valence-electron chi connectivity index (χ3n) is 5.26. The summed E-state index contributed by atoms with van der Waals surface area (Å²) in [6.07, 6.45) is 4.90. The molecule has 1 fully saturated rings. The Morgan fingerprint density at radius 1 is 1.13 bits per heavy atom. The van der Waals surface area contributed by atoms with Crippen LogP contribution in [0.1, 0.15) is 44.2 Å². The average molecular weight is 428 g/mol. The van der Waals surface area contributed by atoms with E-state index in [9.17, 15) is 4.39 Å². The van der Waals surface area contributed by atoms with Gasteiger partial charge in [-0.3, -0.25) is 4.90 Å². The van der Waals surface area contributed by atoms with Crippen molar-refractivity contribution in [2.75, 3.05) is 26.2 Å². The Bertz CT molecular complexity index is 802. The molecule has 1 saturated heterocycles. The van der Waals surface area contributed by atoms with E-state index in [0.29, 0.717) is 25.1 Å². The smallest absolute Gasteiger partial charge is 0.213 e. The monoisotopic (exact) mass is 427 g/mol. The summed E-state index contributed by atoms with van der Waals surface area (Å²) in [7, 11) is 0. The quantitative estimate of drug-likeness (QED) is 0.472. The van der Waals surface area contributed by atoms with Crippen molar-refractivity contribution in [1.29, 1.82) is 0 Å². The predicted molar refractivity (Wildman–Crippen MR) is 123 cm³/mol. The summed E-state index contributed by atoms with van der Waals surface area (Å²) in [6, 6.07) is 11.1. The Morgan fingerprint density at radius 2 is 1.87 bits per heavy atom. The minimum atomic E-state index is -0.182. The fourth-order valence-electron chi connectivity index (χ4n) is 3.56. The first-order chi connectivity index (χ1) is 15.2. The average Bonchev–Trinajstić information content (AvgIpc) is 2.80. The number of halogens is 1. The number of hydrogen-bond acceptors (Lipinski definition) is 4. The summed E-state index contributed by atoms with van der Waals surface area (Å²) in [5.41, 5.74) is 2.21. The van der Waals surface area contributed by atoms with E-state index in [1.54, 1.807) is 0 Å². The van der Waals surface area contributed by atoms with Gasteiger partial charge in [0, 0.05) is 44.5 Å². The van der Waals surface area contributed by atoms with E-state index in [4.69, 9.17) is 9.73 Å². The van der Waals surface area contributed by atoms with Gasteiger partial charge in [0.25, 0.3) is 0 Å². The molecule has 2 N–H and O–H groups in total. The number of nitrogens with one attached hydrogen (secondary N) is 2. The van der Waals surface area contributed by atoms with Gasteiger partial charge >= 0.3 is 0 Å². The molecule has 0 unspecified atom stereocenters. The third-order valence-corrected chi connectivity index (χ3v) is 5.26. The largest absolute Gasteiger partial charge is 0.478 e. The Labute approximate surface area is 184 Å². The lowest BCUT2D eigenvalue weighted by atomic mass is 10.0. The molecular weight excluding hydrogens is 393 g/mol. The van der Waals surface area contributed by atoms with E-state index in [1.807, 2.05) is 30.5 Å². The van der Waals surface area contributed by atoms with E-state index in [2.05, 4.69) is 34.4 Å². The number of guanidine groups is 1. The molecular formula is C24H34FN5O. The van der Waals surface area contributed by atoms with Crippen molar-refractivity contribution < 1.29 is 9.13 Å². The molecule has 0 saturated carbocycles. The van der Waals surface area contributed by atoms with Gasteiger partial charge in [0.05, 0.1) is 13.2 Å². The summed E-state index contributed by atoms with van der Waals surface area (Å²) in [4.78, 5) is 11.5. The van der Waals surface area contributed by atoms with Crippen LogP contribution in [0.25, 0.3) is 0 Å². The number of benzene rings is 1. The number of pyridine rings is 1. The van der Waals surface area contributed by atoms with Crippen LogP contribution in [0.2, 0.25) is 0 Å². The van der Waals surface area contributed by atoms with Gasteiger partial charge in [0.1, 0.15) is 5.82 Å². The van der Waals surface area contributed by atoms with E-state index in [1.165, 1.54) is 12.1 Å². The Hall–Kier alpha value is -2.67. The van der Waals surface area contributed by atoms with Gasteiger partial charge in [-0.1, -0.05) is 25.1 Å². The maximum Gasteiger partial charge on any atom is 0.213 e. The molecule has 1 aliphatic heterocycles. The third kappa shape index (κ3) is 7.83. The van der Waals surface area contributed by atoms with E-state index in [-0.39, 0.29) is 5.82 Å². The SMILES string of the molecule is CCCOc1ccc(CN=C(NCC)NC2CCN(Cc3ccc(F)cc3)CC2)cn1. The second-order valence-corrected chi connectivity index (χ2v) is 7.87. The van der Waals surface area contributed by atoms with Crippen molar-refractivity contribution in [3.05, 3.63) is 59.5 Å². The van der Waals surface area contributed by atoms with Crippen molar-refractivity contribution in [3.63, 3.8) is 0 Å². The van der Waals surface area contributed by atoms with Gasteiger partial charge in [-0.25, -0.2) is 14.4 Å². The molecule has 1 aromatic heterocycles. The van der Waals surface area contributed by atoms with Gasteiger partial charge in [-0.15, -0.1) is 0 Å². The minimum Gasteiger partial charge on any atom is -0.478 e. The lowest BCUT2D eigenvalue weighted by molar-refractivity contribution is 0.198. The molecule has 0 amide bonds. The van der Waals surface area contributed by atoms with Crippen LogP contribution in [0.15, 0.2) is 47.6 Å². The number of piperidine rings is 1. The van der Waals surface area contributed by atoms with Gasteiger partial charge in [0.2, 0.25) is 5.88 Å². The van der Waals surface area contributed by atoms with Crippen molar-refractivity contribution in [1.82, 2.24) is 20.5 Å². The first kappa shape index (κ1) is 23.0. The maximum absolute atomic E-state index is 13.1. The molecule has 1 aliphatic rings. The first-order valence-electron chi connectivity index (χ1n) is 11.3. The fourth-order valence-corrected chi connectivity index (χ4v) is 3.56. The van der Waals surface area contributed by atoms with Gasteiger partial charge < -0.3 is 15.4 Å². The molecule has 168 valence electrons. The van der Waals surface area contributed by atoms with Crippen LogP contribution in [0.4, 0.5) is 4.39 Å². The second kappa shape index (κ2) is 12.2. The summed E-state index contributed by atoms with van der Waals surface area (Å²) in [5.74, 6) is 1.32. The fraction of sp³-hybridized carbons (Fsp3) is 0.500. The predicted octanol–water partition coefficient (Wildman–Crippen LogP) is 3.73. The van der Waals surface area contributed by atoms with Crippen LogP contribution in [-0.4, -0.2) is 48.1 Å². The minimum absolute atomic E-state index is 0.182. The second-order valence-electron chi connectivity index (χ2n) is 7.87. The molecule has 7 heteroatoms. The van der Waals surface area contributed by atoms with Crippen LogP contribution in [0, 0.1) is 5.82 Å². The standard InChI is InChI=1S/C24H34FN5O/c1-3-15-31-23-10-7-20(16-27-23)17-28-24(26-4-2)29-22-11-13-30(14-12-22)18-19-5-8-21(25)9-6-19/h5-10,16,22H,3-4,11-15,17-18H2,1-2H3,(H2,26,28,29). The summed E-state index contributed by atoms with van der Waals surface area (Å²) in [5, 5.41) is 6.92. The topological polar surface area (TPSA) is 61.8 Å². The van der Waals surface area contributed by atoms with Gasteiger partial charge in [0.15, 0.2) is 5.96 Å². The molecule has 0 radical (unpaired) electrons. The highest BCUT2D eigenvalue weighted by molar-refractivity contribution is 5.80. The highest BCUT2D eigenvalue weighted by atomic mass is 19.1. The molecule has 6 nitrogen and oxygen atoms in total. The Kier molecular flexibility index (Phi) is 9.09. The summed E-state index contributed by atoms with van der Waals surface area (Å²) >= 11 is 0. The maximum atomic E-state index is 13.1. The van der Waals surface area contributed by atoms with Crippen molar-refractivity contribution in [3.8, 4) is 5.88 Å². The zero-order valence-corrected chi connectivity index (χ0v) is 18.6. The lowest BCUT2D eigenvalue weighted by Gasteiger charge is -2.33. The van der Waals surface area contributed by atoms with Crippen LogP contribution >= 0.6 is 0 Å². The zero-order chi connectivity index (χ0) is 21.9. The van der Waals surface area contributed by atoms with Crippen LogP contribution in [0.5, 0.6) is 5.88 Å². The molecule has 2 aromatic rings. The number of ether oxygens (including phenoxy) is 1. The Morgan fingerprint density at radius 3 is 2.52 bits per heavy atom. The normalized spacial score (nSPS) is 15.6. The number of aromatic nitrogens is 1. The Balaban J connectivity index is 1.46. The first-order valence-corrected chi connectivity index (χ1v) is 11.3. The molecule has 3 rings (SSSR count). The highest BCUT2D eigenvalue weighted by Gasteiger charge is 2.20. The van der Waals surface area contributed by atoms with Crippen LogP contribution in [-0.2, 0) is 13.1 Å². The van der Waals surface area contributed by atoms with Gasteiger partial charge in [-0.05, 0) is 49.4 Å². The molecule has 0 bridgehead atoms. The number of hydrogen-bond donors (Lipinski definition) is 2. The van der Waals surface area contributed by atoms with E-state index < -0.39 is 0 Å². The number of rotatable bonds is 9.